The van der Waals surface area contributed by atoms with E-state index in [0.717, 1.165) is 23.2 Å². The fourth-order valence-electron chi connectivity index (χ4n) is 3.65. The molecule has 0 radical (unpaired) electrons. The van der Waals surface area contributed by atoms with Crippen LogP contribution in [-0.4, -0.2) is 32.4 Å². The number of amides is 1. The van der Waals surface area contributed by atoms with Crippen LogP contribution in [0.4, 0.5) is 11.8 Å². The molecule has 0 aliphatic rings. The summed E-state index contributed by atoms with van der Waals surface area (Å²) in [6, 6.07) is 12.2. The lowest BCUT2D eigenvalue weighted by Gasteiger charge is -2.19. The molecule has 3 heterocycles. The molecular weight excluding hydrogens is 400 g/mol. The predicted octanol–water partition coefficient (Wildman–Crippen LogP) is 4.67. The number of hydrogen-bond acceptors (Lipinski definition) is 5. The normalized spacial score (nSPS) is 11.5. The van der Waals surface area contributed by atoms with Gasteiger partial charge in [0.15, 0.2) is 0 Å². The maximum Gasteiger partial charge on any atom is 0.254 e. The van der Waals surface area contributed by atoms with E-state index >= 15 is 0 Å². The highest BCUT2D eigenvalue weighted by Crippen LogP contribution is 2.24. The van der Waals surface area contributed by atoms with E-state index in [9.17, 15) is 4.79 Å². The fraction of sp³-hybridized carbons (Fsp3) is 0.280. The minimum atomic E-state index is -0.193. The molecule has 0 atom stereocenters. The molecule has 0 aliphatic heterocycles. The van der Waals surface area contributed by atoms with Crippen molar-refractivity contribution in [1.82, 2.24) is 25.3 Å². The zero-order valence-electron chi connectivity index (χ0n) is 18.9. The molecule has 164 valence electrons. The Hall–Kier alpha value is -3.74. The summed E-state index contributed by atoms with van der Waals surface area (Å²) in [6.07, 6.45) is 5.56. The zero-order chi connectivity index (χ0) is 22.7. The summed E-state index contributed by atoms with van der Waals surface area (Å²) >= 11 is 0. The number of anilines is 2. The Kier molecular flexibility index (Phi) is 5.90. The van der Waals surface area contributed by atoms with Gasteiger partial charge < -0.3 is 15.6 Å². The number of carbonyl (C=O) groups excluding carboxylic acids is 1. The van der Waals surface area contributed by atoms with E-state index in [2.05, 4.69) is 70.4 Å². The van der Waals surface area contributed by atoms with E-state index in [4.69, 9.17) is 0 Å². The number of para-hydroxylation sites is 1. The van der Waals surface area contributed by atoms with Crippen molar-refractivity contribution in [2.45, 2.75) is 39.5 Å². The van der Waals surface area contributed by atoms with Gasteiger partial charge in [0.25, 0.3) is 5.91 Å². The van der Waals surface area contributed by atoms with E-state index in [1.807, 2.05) is 24.3 Å². The highest BCUT2D eigenvalue weighted by Gasteiger charge is 2.15. The first-order valence-corrected chi connectivity index (χ1v) is 10.7. The maximum atomic E-state index is 12.5. The fourth-order valence-corrected chi connectivity index (χ4v) is 3.65. The molecule has 0 spiro atoms. The van der Waals surface area contributed by atoms with Crippen LogP contribution in [0.1, 0.15) is 48.0 Å². The third kappa shape index (κ3) is 4.77. The van der Waals surface area contributed by atoms with Crippen molar-refractivity contribution in [3.05, 3.63) is 77.4 Å². The Bertz CT molecular complexity index is 1240. The highest BCUT2D eigenvalue weighted by molar-refractivity contribution is 5.93. The Morgan fingerprint density at radius 3 is 2.56 bits per heavy atom. The number of carbonyl (C=O) groups is 1. The summed E-state index contributed by atoms with van der Waals surface area (Å²) < 4.78 is 0. The van der Waals surface area contributed by atoms with Gasteiger partial charge in [-0.3, -0.25) is 4.79 Å². The molecule has 32 heavy (non-hydrogen) atoms. The van der Waals surface area contributed by atoms with E-state index in [-0.39, 0.29) is 11.3 Å². The number of nitrogens with zero attached hydrogens (tertiary/aromatic N) is 3. The summed E-state index contributed by atoms with van der Waals surface area (Å²) in [7, 11) is 0. The lowest BCUT2D eigenvalue weighted by atomic mass is 9.88. The van der Waals surface area contributed by atoms with Crippen molar-refractivity contribution in [3.8, 4) is 0 Å². The van der Waals surface area contributed by atoms with Crippen LogP contribution >= 0.6 is 0 Å². The SMILES string of the molecule is Cc1[nH]c2ccccc2c1CCNC(=O)c1cnc(Nc2cc(C(C)(C)C)ccn2)nc1. The summed E-state index contributed by atoms with van der Waals surface area (Å²) in [5.74, 6) is 0.875. The van der Waals surface area contributed by atoms with Crippen molar-refractivity contribution in [2.24, 2.45) is 0 Å². The second-order valence-corrected chi connectivity index (χ2v) is 8.88. The number of aryl methyl sites for hydroxylation is 1. The Labute approximate surface area is 187 Å². The van der Waals surface area contributed by atoms with Gasteiger partial charge in [0.05, 0.1) is 5.56 Å². The number of aromatic nitrogens is 4. The molecule has 4 rings (SSSR count). The number of fused-ring (bicyclic) bond motifs is 1. The topological polar surface area (TPSA) is 95.6 Å². The number of benzene rings is 1. The lowest BCUT2D eigenvalue weighted by molar-refractivity contribution is 0.0953. The van der Waals surface area contributed by atoms with Gasteiger partial charge in [-0.05, 0) is 48.1 Å². The summed E-state index contributed by atoms with van der Waals surface area (Å²) in [5, 5.41) is 7.25. The number of H-pyrrole nitrogens is 1. The van der Waals surface area contributed by atoms with Crippen LogP contribution in [0, 0.1) is 6.92 Å². The van der Waals surface area contributed by atoms with Gasteiger partial charge in [0.1, 0.15) is 5.82 Å². The number of nitrogens with one attached hydrogen (secondary N) is 3. The first kappa shape index (κ1) is 21.5. The van der Waals surface area contributed by atoms with E-state index in [1.165, 1.54) is 23.3 Å². The molecule has 1 aromatic carbocycles. The average molecular weight is 429 g/mol. The molecule has 0 saturated carbocycles. The Balaban J connectivity index is 1.36. The molecule has 3 N–H and O–H groups in total. The van der Waals surface area contributed by atoms with Crippen LogP contribution in [0.2, 0.25) is 0 Å². The zero-order valence-corrected chi connectivity index (χ0v) is 18.9. The molecule has 3 aromatic heterocycles. The van der Waals surface area contributed by atoms with Gasteiger partial charge >= 0.3 is 0 Å². The van der Waals surface area contributed by atoms with Gasteiger partial charge in [-0.1, -0.05) is 39.0 Å². The average Bonchev–Trinajstić information content (AvgIpc) is 3.09. The van der Waals surface area contributed by atoms with Crippen LogP contribution in [0.5, 0.6) is 0 Å². The molecular formula is C25H28N6O. The van der Waals surface area contributed by atoms with Crippen LogP contribution in [0.3, 0.4) is 0 Å². The Morgan fingerprint density at radius 1 is 1.06 bits per heavy atom. The second kappa shape index (κ2) is 8.78. The minimum Gasteiger partial charge on any atom is -0.358 e. The van der Waals surface area contributed by atoms with Crippen LogP contribution in [0.15, 0.2) is 55.0 Å². The number of pyridine rings is 1. The standard InChI is InChI=1S/C25H28N6O/c1-16-19(20-7-5-6-8-21(20)30-16)10-12-27-23(32)17-14-28-24(29-15-17)31-22-13-18(9-11-26-22)25(2,3)4/h5-9,11,13-15,30H,10,12H2,1-4H3,(H,27,32)(H,26,28,29,31). The van der Waals surface area contributed by atoms with Crippen LogP contribution in [-0.2, 0) is 11.8 Å². The van der Waals surface area contributed by atoms with Gasteiger partial charge in [0, 0.05) is 41.7 Å². The van der Waals surface area contributed by atoms with Crippen molar-refractivity contribution in [2.75, 3.05) is 11.9 Å². The summed E-state index contributed by atoms with van der Waals surface area (Å²) in [6.45, 7) is 9.04. The highest BCUT2D eigenvalue weighted by atomic mass is 16.1. The quantitative estimate of drug-likeness (QED) is 0.415. The summed E-state index contributed by atoms with van der Waals surface area (Å²) in [5.41, 5.74) is 5.07. The van der Waals surface area contributed by atoms with E-state index < -0.39 is 0 Å². The van der Waals surface area contributed by atoms with Crippen molar-refractivity contribution < 1.29 is 4.79 Å². The van der Waals surface area contributed by atoms with Gasteiger partial charge in [-0.2, -0.15) is 0 Å². The van der Waals surface area contributed by atoms with Gasteiger partial charge in [0.2, 0.25) is 5.95 Å². The van der Waals surface area contributed by atoms with Crippen molar-refractivity contribution in [1.29, 1.82) is 0 Å². The van der Waals surface area contributed by atoms with Crippen LogP contribution < -0.4 is 10.6 Å². The largest absolute Gasteiger partial charge is 0.358 e. The Morgan fingerprint density at radius 2 is 1.81 bits per heavy atom. The molecule has 0 unspecified atom stereocenters. The van der Waals surface area contributed by atoms with Crippen LogP contribution in [0.25, 0.3) is 10.9 Å². The molecule has 1 amide bonds. The monoisotopic (exact) mass is 428 g/mol. The third-order valence-corrected chi connectivity index (χ3v) is 5.47. The molecule has 7 heteroatoms. The van der Waals surface area contributed by atoms with E-state index in [1.54, 1.807) is 6.20 Å². The molecule has 0 bridgehead atoms. The minimum absolute atomic E-state index is 0.0212. The molecule has 4 aromatic rings. The molecule has 0 aliphatic carbocycles. The smallest absolute Gasteiger partial charge is 0.254 e. The first-order chi connectivity index (χ1) is 15.3. The predicted molar refractivity (Wildman–Crippen MR) is 127 cm³/mol. The molecule has 0 saturated heterocycles. The van der Waals surface area contributed by atoms with E-state index in [0.29, 0.717) is 23.9 Å². The number of hydrogen-bond donors (Lipinski definition) is 3. The lowest BCUT2D eigenvalue weighted by Crippen LogP contribution is -2.26. The first-order valence-electron chi connectivity index (χ1n) is 10.7. The van der Waals surface area contributed by atoms with Crippen molar-refractivity contribution >= 4 is 28.6 Å². The van der Waals surface area contributed by atoms with Gasteiger partial charge in [-0.15, -0.1) is 0 Å². The molecule has 7 nitrogen and oxygen atoms in total. The third-order valence-electron chi connectivity index (χ3n) is 5.47. The second-order valence-electron chi connectivity index (χ2n) is 8.88. The summed E-state index contributed by atoms with van der Waals surface area (Å²) in [4.78, 5) is 28.8. The maximum absolute atomic E-state index is 12.5. The number of aromatic amines is 1. The molecule has 0 fully saturated rings. The number of rotatable bonds is 6. The van der Waals surface area contributed by atoms with Gasteiger partial charge in [-0.25, -0.2) is 15.0 Å². The van der Waals surface area contributed by atoms with Crippen molar-refractivity contribution in [3.63, 3.8) is 0 Å².